The first-order valence-corrected chi connectivity index (χ1v) is 7.86. The van der Waals surface area contributed by atoms with Crippen LogP contribution in [0, 0.1) is 0 Å². The van der Waals surface area contributed by atoms with Crippen LogP contribution >= 0.6 is 0 Å². The zero-order valence-electron chi connectivity index (χ0n) is 12.6. The molecule has 0 bridgehead atoms. The lowest BCUT2D eigenvalue weighted by atomic mass is 10.0. The smallest absolute Gasteiger partial charge is 0.336 e. The molecule has 114 valence electrons. The second-order valence-electron chi connectivity index (χ2n) is 6.20. The molecule has 0 radical (unpaired) electrons. The predicted octanol–water partition coefficient (Wildman–Crippen LogP) is 3.70. The quantitative estimate of drug-likeness (QED) is 0.861. The largest absolute Gasteiger partial charge is 0.478 e. The van der Waals surface area contributed by atoms with Crippen LogP contribution in [0.1, 0.15) is 49.4 Å². The van der Waals surface area contributed by atoms with E-state index in [1.165, 1.54) is 17.5 Å². The Hall–Kier alpha value is -2.68. The van der Waals surface area contributed by atoms with E-state index in [9.17, 15) is 14.7 Å². The van der Waals surface area contributed by atoms with E-state index in [2.05, 4.69) is 6.07 Å². The normalized spacial score (nSPS) is 17.4. The molecule has 0 saturated carbocycles. The lowest BCUT2D eigenvalue weighted by Gasteiger charge is -2.02. The average molecular weight is 304 g/mol. The molecule has 0 heterocycles. The predicted molar refractivity (Wildman–Crippen MR) is 87.9 cm³/mol. The minimum Gasteiger partial charge on any atom is -0.478 e. The van der Waals surface area contributed by atoms with Gasteiger partial charge in [-0.05, 0) is 59.7 Å². The molecule has 0 aromatic heterocycles. The minimum absolute atomic E-state index is 0.0369. The average Bonchev–Trinajstić information content (AvgIpc) is 3.11. The molecular weight excluding hydrogens is 288 g/mol. The van der Waals surface area contributed by atoms with E-state index in [-0.39, 0.29) is 11.3 Å². The van der Waals surface area contributed by atoms with Gasteiger partial charge in [0.15, 0.2) is 5.78 Å². The molecule has 0 amide bonds. The SMILES string of the molecule is O=C(O)c1ccccc1/C=C1\Cc2cc3c(cc2C1=O)CCC3. The monoisotopic (exact) mass is 304 g/mol. The van der Waals surface area contributed by atoms with Crippen molar-refractivity contribution in [2.45, 2.75) is 25.7 Å². The summed E-state index contributed by atoms with van der Waals surface area (Å²) in [5.74, 6) is -0.936. The van der Waals surface area contributed by atoms with Crippen molar-refractivity contribution in [3.8, 4) is 0 Å². The number of hydrogen-bond donors (Lipinski definition) is 1. The molecule has 2 aliphatic carbocycles. The highest BCUT2D eigenvalue weighted by atomic mass is 16.4. The lowest BCUT2D eigenvalue weighted by Crippen LogP contribution is -2.01. The highest BCUT2D eigenvalue weighted by molar-refractivity contribution is 6.16. The molecule has 0 atom stereocenters. The van der Waals surface area contributed by atoms with Crippen LogP contribution in [0.2, 0.25) is 0 Å². The Bertz CT molecular complexity index is 874. The van der Waals surface area contributed by atoms with E-state index in [0.29, 0.717) is 17.6 Å². The molecule has 3 heteroatoms. The van der Waals surface area contributed by atoms with E-state index in [1.807, 2.05) is 6.07 Å². The van der Waals surface area contributed by atoms with Crippen molar-refractivity contribution >= 4 is 17.8 Å². The molecule has 0 fully saturated rings. The molecule has 2 aliphatic rings. The second-order valence-corrected chi connectivity index (χ2v) is 6.20. The highest BCUT2D eigenvalue weighted by Gasteiger charge is 2.27. The Morgan fingerprint density at radius 3 is 2.57 bits per heavy atom. The summed E-state index contributed by atoms with van der Waals surface area (Å²) in [5, 5.41) is 9.28. The van der Waals surface area contributed by atoms with Crippen molar-refractivity contribution in [1.29, 1.82) is 0 Å². The number of aromatic carboxylic acids is 1. The van der Waals surface area contributed by atoms with Gasteiger partial charge in [0.05, 0.1) is 5.56 Å². The van der Waals surface area contributed by atoms with Gasteiger partial charge < -0.3 is 5.11 Å². The van der Waals surface area contributed by atoms with Gasteiger partial charge in [0, 0.05) is 17.6 Å². The summed E-state index contributed by atoms with van der Waals surface area (Å²) in [6, 6.07) is 11.0. The maximum Gasteiger partial charge on any atom is 0.336 e. The zero-order chi connectivity index (χ0) is 16.0. The number of carbonyl (C=O) groups excluding carboxylic acids is 1. The van der Waals surface area contributed by atoms with Crippen molar-refractivity contribution in [3.63, 3.8) is 0 Å². The number of rotatable bonds is 2. The molecule has 3 nitrogen and oxygen atoms in total. The fourth-order valence-electron chi connectivity index (χ4n) is 3.61. The number of carboxylic acids is 1. The van der Waals surface area contributed by atoms with Gasteiger partial charge in [-0.3, -0.25) is 4.79 Å². The molecule has 0 unspecified atom stereocenters. The fraction of sp³-hybridized carbons (Fsp3) is 0.200. The molecule has 23 heavy (non-hydrogen) atoms. The van der Waals surface area contributed by atoms with Gasteiger partial charge in [0.2, 0.25) is 0 Å². The third-order valence-corrected chi connectivity index (χ3v) is 4.76. The number of hydrogen-bond acceptors (Lipinski definition) is 2. The summed E-state index contributed by atoms with van der Waals surface area (Å²) in [4.78, 5) is 24.0. The number of carbonyl (C=O) groups is 2. The van der Waals surface area contributed by atoms with Gasteiger partial charge in [-0.2, -0.15) is 0 Å². The van der Waals surface area contributed by atoms with Crippen molar-refractivity contribution in [2.75, 3.05) is 0 Å². The van der Waals surface area contributed by atoms with Crippen LogP contribution in [0.25, 0.3) is 6.08 Å². The Labute approximate surface area is 134 Å². The van der Waals surface area contributed by atoms with Gasteiger partial charge in [0.25, 0.3) is 0 Å². The molecule has 0 saturated heterocycles. The molecule has 4 rings (SSSR count). The number of benzene rings is 2. The maximum atomic E-state index is 12.7. The highest BCUT2D eigenvalue weighted by Crippen LogP contribution is 2.33. The summed E-state index contributed by atoms with van der Waals surface area (Å²) >= 11 is 0. The minimum atomic E-state index is -0.973. The van der Waals surface area contributed by atoms with Crippen LogP contribution < -0.4 is 0 Å². The Kier molecular flexibility index (Phi) is 3.15. The Balaban J connectivity index is 1.75. The molecule has 0 spiro atoms. The topological polar surface area (TPSA) is 54.4 Å². The maximum absolute atomic E-state index is 12.7. The van der Waals surface area contributed by atoms with Gasteiger partial charge in [-0.25, -0.2) is 4.79 Å². The molecule has 2 aromatic carbocycles. The van der Waals surface area contributed by atoms with Crippen LogP contribution in [-0.2, 0) is 19.3 Å². The first-order chi connectivity index (χ1) is 11.1. The molecule has 0 aliphatic heterocycles. The number of Topliss-reactive ketones (excluding diaryl/α,β-unsaturated/α-hetero) is 1. The van der Waals surface area contributed by atoms with Crippen molar-refractivity contribution < 1.29 is 14.7 Å². The summed E-state index contributed by atoms with van der Waals surface area (Å²) in [7, 11) is 0. The number of aryl methyl sites for hydroxylation is 2. The number of carboxylic acid groups (broad SMARTS) is 1. The van der Waals surface area contributed by atoms with Crippen LogP contribution in [0.15, 0.2) is 42.0 Å². The second kappa shape index (κ2) is 5.20. The van der Waals surface area contributed by atoms with E-state index >= 15 is 0 Å². The summed E-state index contributed by atoms with van der Waals surface area (Å²) in [6.07, 6.45) is 5.64. The third kappa shape index (κ3) is 2.29. The molecular formula is C20H16O3. The first kappa shape index (κ1) is 13.9. The third-order valence-electron chi connectivity index (χ3n) is 4.76. The van der Waals surface area contributed by atoms with E-state index in [0.717, 1.165) is 24.0 Å². The lowest BCUT2D eigenvalue weighted by molar-refractivity contribution is 0.0696. The molecule has 2 aromatic rings. The van der Waals surface area contributed by atoms with Crippen molar-refractivity contribution in [1.82, 2.24) is 0 Å². The van der Waals surface area contributed by atoms with Gasteiger partial charge in [-0.1, -0.05) is 24.3 Å². The van der Waals surface area contributed by atoms with Crippen LogP contribution in [0.5, 0.6) is 0 Å². The first-order valence-electron chi connectivity index (χ1n) is 7.86. The van der Waals surface area contributed by atoms with E-state index < -0.39 is 5.97 Å². The zero-order valence-corrected chi connectivity index (χ0v) is 12.6. The summed E-state index contributed by atoms with van der Waals surface area (Å²) < 4.78 is 0. The number of ketones is 1. The molecule has 1 N–H and O–H groups in total. The van der Waals surface area contributed by atoms with E-state index in [4.69, 9.17) is 0 Å². The number of fused-ring (bicyclic) bond motifs is 2. The fourth-order valence-corrected chi connectivity index (χ4v) is 3.61. The Morgan fingerprint density at radius 2 is 1.78 bits per heavy atom. The Morgan fingerprint density at radius 1 is 1.04 bits per heavy atom. The van der Waals surface area contributed by atoms with Gasteiger partial charge >= 0.3 is 5.97 Å². The van der Waals surface area contributed by atoms with Crippen LogP contribution in [-0.4, -0.2) is 16.9 Å². The summed E-state index contributed by atoms with van der Waals surface area (Å²) in [6.45, 7) is 0. The van der Waals surface area contributed by atoms with Gasteiger partial charge in [0.1, 0.15) is 0 Å². The van der Waals surface area contributed by atoms with Crippen LogP contribution in [0.3, 0.4) is 0 Å². The van der Waals surface area contributed by atoms with E-state index in [1.54, 1.807) is 30.3 Å². The van der Waals surface area contributed by atoms with Gasteiger partial charge in [-0.15, -0.1) is 0 Å². The van der Waals surface area contributed by atoms with Crippen molar-refractivity contribution in [3.05, 3.63) is 75.4 Å². The van der Waals surface area contributed by atoms with Crippen molar-refractivity contribution in [2.24, 2.45) is 0 Å². The number of allylic oxidation sites excluding steroid dienone is 1. The standard InChI is InChI=1S/C20H16O3/c21-19-16(9-14-4-1-2-7-17(14)20(22)23)10-15-8-12-5-3-6-13(12)11-18(15)19/h1-2,4,7-9,11H,3,5-6,10H2,(H,22,23)/b16-9+. The van der Waals surface area contributed by atoms with Crippen LogP contribution in [0.4, 0.5) is 0 Å². The summed E-state index contributed by atoms with van der Waals surface area (Å²) in [5.41, 5.74) is 6.03.